The Balaban J connectivity index is 2.79. The van der Waals surface area contributed by atoms with Crippen LogP contribution in [0.1, 0.15) is 33.7 Å². The number of aromatic nitrogens is 1. The molecule has 0 aliphatic carbocycles. The van der Waals surface area contributed by atoms with E-state index in [2.05, 4.69) is 4.98 Å². The Bertz CT molecular complexity index is 428. The number of carboxylic acid groups (broad SMARTS) is 1. The zero-order valence-electron chi connectivity index (χ0n) is 10.2. The molecule has 0 bridgehead atoms. The first kappa shape index (κ1) is 13.6. The number of thiazole rings is 1. The molecule has 5 nitrogen and oxygen atoms in total. The molecule has 0 saturated carbocycles. The number of aryl methyl sites for hydroxylation is 2. The predicted octanol–water partition coefficient (Wildman–Crippen LogP) is 1.70. The molecule has 0 aliphatic heterocycles. The number of rotatable bonds is 5. The van der Waals surface area contributed by atoms with Gasteiger partial charge in [-0.2, -0.15) is 0 Å². The molecular formula is C11H16N2O3S. The number of aliphatic carboxylic acids is 1. The topological polar surface area (TPSA) is 70.5 Å². The molecule has 1 heterocycles. The number of carbonyl (C=O) groups excluding carboxylic acids is 1. The Morgan fingerprint density at radius 3 is 2.47 bits per heavy atom. The summed E-state index contributed by atoms with van der Waals surface area (Å²) in [5, 5.41) is 9.47. The monoisotopic (exact) mass is 256 g/mol. The minimum atomic E-state index is -0.895. The first-order valence-corrected chi connectivity index (χ1v) is 6.22. The van der Waals surface area contributed by atoms with Crippen molar-refractivity contribution in [3.63, 3.8) is 0 Å². The molecule has 0 fully saturated rings. The second kappa shape index (κ2) is 5.77. The fraction of sp³-hybridized carbons (Fsp3) is 0.545. The molecule has 0 radical (unpaired) electrons. The van der Waals surface area contributed by atoms with E-state index in [9.17, 15) is 9.59 Å². The lowest BCUT2D eigenvalue weighted by atomic mass is 10.3. The lowest BCUT2D eigenvalue weighted by Gasteiger charge is -2.19. The van der Waals surface area contributed by atoms with Crippen molar-refractivity contribution in [1.29, 1.82) is 0 Å². The van der Waals surface area contributed by atoms with Crippen LogP contribution in [0, 0.1) is 13.8 Å². The van der Waals surface area contributed by atoms with Crippen LogP contribution >= 0.6 is 11.3 Å². The zero-order valence-corrected chi connectivity index (χ0v) is 11.0. The Morgan fingerprint density at radius 1 is 1.41 bits per heavy atom. The smallest absolute Gasteiger partial charge is 0.305 e. The van der Waals surface area contributed by atoms with E-state index >= 15 is 0 Å². The summed E-state index contributed by atoms with van der Waals surface area (Å²) in [7, 11) is 0. The van der Waals surface area contributed by atoms with E-state index in [-0.39, 0.29) is 18.9 Å². The third kappa shape index (κ3) is 3.52. The molecule has 1 aromatic heterocycles. The van der Waals surface area contributed by atoms with Crippen molar-refractivity contribution in [2.75, 3.05) is 13.1 Å². The van der Waals surface area contributed by atoms with Crippen molar-refractivity contribution in [1.82, 2.24) is 9.88 Å². The first-order valence-electron chi connectivity index (χ1n) is 5.40. The summed E-state index contributed by atoms with van der Waals surface area (Å²) < 4.78 is 0. The van der Waals surface area contributed by atoms with E-state index < -0.39 is 5.97 Å². The summed E-state index contributed by atoms with van der Waals surface area (Å²) >= 11 is 1.35. The maximum absolute atomic E-state index is 12.1. The van der Waals surface area contributed by atoms with E-state index in [1.165, 1.54) is 16.2 Å². The summed E-state index contributed by atoms with van der Waals surface area (Å²) in [5.74, 6) is -1.02. The summed E-state index contributed by atoms with van der Waals surface area (Å²) in [5.41, 5.74) is 0.714. The van der Waals surface area contributed by atoms with Crippen LogP contribution in [0.4, 0.5) is 0 Å². The molecule has 0 saturated heterocycles. The van der Waals surface area contributed by atoms with Gasteiger partial charge in [-0.1, -0.05) is 0 Å². The quantitative estimate of drug-likeness (QED) is 0.870. The lowest BCUT2D eigenvalue weighted by Crippen LogP contribution is -2.32. The summed E-state index contributed by atoms with van der Waals surface area (Å²) in [6, 6.07) is 0. The van der Waals surface area contributed by atoms with Gasteiger partial charge in [0.2, 0.25) is 0 Å². The maximum atomic E-state index is 12.1. The Labute approximate surface area is 104 Å². The number of hydrogen-bond donors (Lipinski definition) is 1. The molecule has 1 rings (SSSR count). The van der Waals surface area contributed by atoms with Crippen LogP contribution in [0.15, 0.2) is 0 Å². The summed E-state index contributed by atoms with van der Waals surface area (Å²) in [6.07, 6.45) is -0.0313. The van der Waals surface area contributed by atoms with Crippen molar-refractivity contribution in [2.24, 2.45) is 0 Å². The fourth-order valence-electron chi connectivity index (χ4n) is 1.51. The molecule has 0 atom stereocenters. The van der Waals surface area contributed by atoms with Crippen molar-refractivity contribution in [3.8, 4) is 0 Å². The average Bonchev–Trinajstić information content (AvgIpc) is 2.58. The molecule has 0 unspecified atom stereocenters. The summed E-state index contributed by atoms with van der Waals surface area (Å²) in [6.45, 7) is 6.22. The largest absolute Gasteiger partial charge is 0.481 e. The maximum Gasteiger partial charge on any atom is 0.305 e. The third-order valence-electron chi connectivity index (χ3n) is 2.36. The van der Waals surface area contributed by atoms with E-state index in [1.807, 2.05) is 13.8 Å². The third-order valence-corrected chi connectivity index (χ3v) is 3.42. The Morgan fingerprint density at radius 2 is 2.06 bits per heavy atom. The fourth-order valence-corrected chi connectivity index (χ4v) is 2.39. The van der Waals surface area contributed by atoms with E-state index in [0.717, 1.165) is 5.01 Å². The average molecular weight is 256 g/mol. The molecule has 94 valence electrons. The van der Waals surface area contributed by atoms with Gasteiger partial charge in [0, 0.05) is 13.1 Å². The Hall–Kier alpha value is -1.43. The van der Waals surface area contributed by atoms with Crippen LogP contribution in [0.25, 0.3) is 0 Å². The predicted molar refractivity (Wildman–Crippen MR) is 65.4 cm³/mol. The molecule has 1 amide bonds. The molecule has 0 aliphatic rings. The van der Waals surface area contributed by atoms with Gasteiger partial charge in [-0.05, 0) is 20.8 Å². The SMILES string of the molecule is CCN(CCC(=O)O)C(=O)c1sc(C)nc1C. The second-order valence-corrected chi connectivity index (χ2v) is 4.88. The van der Waals surface area contributed by atoms with Gasteiger partial charge < -0.3 is 10.0 Å². The first-order chi connectivity index (χ1) is 7.95. The highest BCUT2D eigenvalue weighted by atomic mass is 32.1. The van der Waals surface area contributed by atoms with Crippen LogP contribution in [-0.4, -0.2) is 40.0 Å². The van der Waals surface area contributed by atoms with Gasteiger partial charge in [-0.15, -0.1) is 11.3 Å². The van der Waals surface area contributed by atoms with Gasteiger partial charge in [0.05, 0.1) is 17.1 Å². The minimum Gasteiger partial charge on any atom is -0.481 e. The van der Waals surface area contributed by atoms with Gasteiger partial charge in [-0.25, -0.2) is 4.98 Å². The van der Waals surface area contributed by atoms with Crippen molar-refractivity contribution < 1.29 is 14.7 Å². The highest BCUT2D eigenvalue weighted by Crippen LogP contribution is 2.19. The highest BCUT2D eigenvalue weighted by molar-refractivity contribution is 7.13. The molecular weight excluding hydrogens is 240 g/mol. The van der Waals surface area contributed by atoms with Crippen LogP contribution in [-0.2, 0) is 4.79 Å². The number of carboxylic acids is 1. The number of amides is 1. The van der Waals surface area contributed by atoms with Crippen LogP contribution in [0.5, 0.6) is 0 Å². The minimum absolute atomic E-state index is 0.0313. The van der Waals surface area contributed by atoms with E-state index in [1.54, 1.807) is 6.92 Å². The number of nitrogens with zero attached hydrogens (tertiary/aromatic N) is 2. The van der Waals surface area contributed by atoms with E-state index in [0.29, 0.717) is 17.1 Å². The van der Waals surface area contributed by atoms with Gasteiger partial charge in [0.15, 0.2) is 0 Å². The number of carbonyl (C=O) groups is 2. The highest BCUT2D eigenvalue weighted by Gasteiger charge is 2.19. The van der Waals surface area contributed by atoms with Crippen LogP contribution in [0.2, 0.25) is 0 Å². The molecule has 1 N–H and O–H groups in total. The Kier molecular flexibility index (Phi) is 4.62. The summed E-state index contributed by atoms with van der Waals surface area (Å²) in [4.78, 5) is 29.0. The normalized spacial score (nSPS) is 10.3. The van der Waals surface area contributed by atoms with Gasteiger partial charge >= 0.3 is 5.97 Å². The van der Waals surface area contributed by atoms with E-state index in [4.69, 9.17) is 5.11 Å². The molecule has 0 spiro atoms. The standard InChI is InChI=1S/C11H16N2O3S/c1-4-13(6-5-9(14)15)11(16)10-7(2)12-8(3)17-10/h4-6H2,1-3H3,(H,14,15). The van der Waals surface area contributed by atoms with Gasteiger partial charge in [0.25, 0.3) is 5.91 Å². The van der Waals surface area contributed by atoms with Crippen LogP contribution in [0.3, 0.4) is 0 Å². The molecule has 1 aromatic rings. The van der Waals surface area contributed by atoms with Gasteiger partial charge in [-0.3, -0.25) is 9.59 Å². The van der Waals surface area contributed by atoms with Crippen molar-refractivity contribution >= 4 is 23.2 Å². The van der Waals surface area contributed by atoms with Crippen molar-refractivity contribution in [3.05, 3.63) is 15.6 Å². The molecule has 0 aromatic carbocycles. The second-order valence-electron chi connectivity index (χ2n) is 3.68. The van der Waals surface area contributed by atoms with Crippen LogP contribution < -0.4 is 0 Å². The number of hydrogen-bond acceptors (Lipinski definition) is 4. The molecule has 17 heavy (non-hydrogen) atoms. The molecule has 6 heteroatoms. The van der Waals surface area contributed by atoms with Gasteiger partial charge in [0.1, 0.15) is 4.88 Å². The van der Waals surface area contributed by atoms with Crippen molar-refractivity contribution in [2.45, 2.75) is 27.2 Å². The zero-order chi connectivity index (χ0) is 13.0. The lowest BCUT2D eigenvalue weighted by molar-refractivity contribution is -0.137.